The smallest absolute Gasteiger partial charge is 0.395 e. The number of phosphoric ester groups is 1. The first-order chi connectivity index (χ1) is 11.9. The van der Waals surface area contributed by atoms with E-state index in [9.17, 15) is 9.46 Å². The fourth-order valence-electron chi connectivity index (χ4n) is 2.54. The second kappa shape index (κ2) is 9.65. The zero-order valence-corrected chi connectivity index (χ0v) is 15.8. The molecule has 136 valence electrons. The number of unbranched alkanes of at least 4 members (excludes halogenated alkanes) is 2. The summed E-state index contributed by atoms with van der Waals surface area (Å²) in [6.07, 6.45) is 5.94. The molecule has 0 aromatic heterocycles. The lowest BCUT2D eigenvalue weighted by molar-refractivity contribution is 0.291. The molecule has 0 aliphatic carbocycles. The van der Waals surface area contributed by atoms with Crippen LogP contribution in [0.15, 0.2) is 54.6 Å². The van der Waals surface area contributed by atoms with Crippen LogP contribution >= 0.6 is 7.82 Å². The number of benzene rings is 2. The molecule has 0 aliphatic rings. The summed E-state index contributed by atoms with van der Waals surface area (Å²) in [5, 5.41) is 0. The zero-order chi connectivity index (χ0) is 18.1. The zero-order valence-electron chi connectivity index (χ0n) is 14.9. The number of phosphoric acid groups is 1. The first kappa shape index (κ1) is 19.6. The van der Waals surface area contributed by atoms with Crippen LogP contribution in [0.4, 0.5) is 0 Å². The van der Waals surface area contributed by atoms with Crippen LogP contribution in [0.1, 0.15) is 45.1 Å². The molecule has 1 N–H and O–H groups in total. The molecule has 25 heavy (non-hydrogen) atoms. The van der Waals surface area contributed by atoms with Gasteiger partial charge in [0.15, 0.2) is 0 Å². The lowest BCUT2D eigenvalue weighted by Crippen LogP contribution is -1.99. The molecule has 4 nitrogen and oxygen atoms in total. The van der Waals surface area contributed by atoms with Gasteiger partial charge in [-0.05, 0) is 48.6 Å². The lowest BCUT2D eigenvalue weighted by atomic mass is 10.0. The Hall–Kier alpha value is -1.77. The fourth-order valence-corrected chi connectivity index (χ4v) is 3.36. The second-order valence-electron chi connectivity index (χ2n) is 6.60. The maximum absolute atomic E-state index is 12.0. The molecule has 2 aromatic rings. The van der Waals surface area contributed by atoms with Crippen molar-refractivity contribution >= 4 is 7.82 Å². The summed E-state index contributed by atoms with van der Waals surface area (Å²) in [4.78, 5) is 9.85. The van der Waals surface area contributed by atoms with Crippen molar-refractivity contribution in [2.75, 3.05) is 0 Å². The van der Waals surface area contributed by atoms with Crippen molar-refractivity contribution in [1.29, 1.82) is 0 Å². The largest absolute Gasteiger partial charge is 0.584 e. The van der Waals surface area contributed by atoms with Crippen molar-refractivity contribution in [3.63, 3.8) is 0 Å². The van der Waals surface area contributed by atoms with Gasteiger partial charge in [-0.2, -0.15) is 0 Å². The normalized spacial score (nSPS) is 13.4. The third-order valence-electron chi connectivity index (χ3n) is 3.86. The van der Waals surface area contributed by atoms with Crippen molar-refractivity contribution < 1.29 is 18.5 Å². The number of hydrogen-bond donors (Lipinski definition) is 1. The highest BCUT2D eigenvalue weighted by Gasteiger charge is 2.24. The van der Waals surface area contributed by atoms with E-state index in [4.69, 9.17) is 9.05 Å². The minimum atomic E-state index is -4.19. The predicted molar refractivity (Wildman–Crippen MR) is 101 cm³/mol. The van der Waals surface area contributed by atoms with Gasteiger partial charge in [0.25, 0.3) is 0 Å². The molecule has 0 fully saturated rings. The van der Waals surface area contributed by atoms with Gasteiger partial charge in [0, 0.05) is 0 Å². The summed E-state index contributed by atoms with van der Waals surface area (Å²) in [6, 6.07) is 15.7. The van der Waals surface area contributed by atoms with Crippen LogP contribution in [0, 0.1) is 5.92 Å². The third-order valence-corrected chi connectivity index (χ3v) is 4.74. The van der Waals surface area contributed by atoms with E-state index in [0.717, 1.165) is 18.8 Å². The van der Waals surface area contributed by atoms with Crippen molar-refractivity contribution in [2.24, 2.45) is 5.92 Å². The van der Waals surface area contributed by atoms with E-state index in [1.54, 1.807) is 42.5 Å². The molecule has 2 aromatic carbocycles. The minimum absolute atomic E-state index is 0.298. The maximum Gasteiger partial charge on any atom is 0.584 e. The van der Waals surface area contributed by atoms with Crippen LogP contribution in [0.3, 0.4) is 0 Å². The van der Waals surface area contributed by atoms with Crippen LogP contribution < -0.4 is 9.05 Å². The highest BCUT2D eigenvalue weighted by atomic mass is 31.2. The van der Waals surface area contributed by atoms with Gasteiger partial charge in [0.1, 0.15) is 11.5 Å². The lowest BCUT2D eigenvalue weighted by Gasteiger charge is -2.14. The molecule has 0 spiro atoms. The van der Waals surface area contributed by atoms with Crippen LogP contribution in [0.5, 0.6) is 11.5 Å². The van der Waals surface area contributed by atoms with Crippen molar-refractivity contribution in [1.82, 2.24) is 0 Å². The van der Waals surface area contributed by atoms with Crippen LogP contribution in [0.25, 0.3) is 0 Å². The van der Waals surface area contributed by atoms with E-state index >= 15 is 0 Å². The van der Waals surface area contributed by atoms with Gasteiger partial charge >= 0.3 is 7.82 Å². The first-order valence-electron chi connectivity index (χ1n) is 8.80. The molecule has 1 atom stereocenters. The Labute approximate surface area is 150 Å². The SMILES string of the molecule is CC(C)CCCCCc1ccc(OP(=O)(O)Oc2ccccc2)cc1. The highest BCUT2D eigenvalue weighted by Crippen LogP contribution is 2.44. The Bertz CT molecular complexity index is 668. The Morgan fingerprint density at radius 2 is 1.48 bits per heavy atom. The highest BCUT2D eigenvalue weighted by molar-refractivity contribution is 7.48. The van der Waals surface area contributed by atoms with Crippen molar-refractivity contribution in [2.45, 2.75) is 46.0 Å². The number of hydrogen-bond acceptors (Lipinski definition) is 3. The number of para-hydroxylation sites is 1. The van der Waals surface area contributed by atoms with Gasteiger partial charge in [-0.3, -0.25) is 4.89 Å². The Morgan fingerprint density at radius 1 is 0.880 bits per heavy atom. The molecule has 0 saturated carbocycles. The molecular weight excluding hydrogens is 335 g/mol. The Balaban J connectivity index is 1.80. The fraction of sp³-hybridized carbons (Fsp3) is 0.400. The summed E-state index contributed by atoms with van der Waals surface area (Å²) in [5.74, 6) is 1.39. The maximum atomic E-state index is 12.0. The molecule has 0 amide bonds. The van der Waals surface area contributed by atoms with Gasteiger partial charge in [-0.25, -0.2) is 4.57 Å². The average Bonchev–Trinajstić information content (AvgIpc) is 2.56. The van der Waals surface area contributed by atoms with Gasteiger partial charge in [0.05, 0.1) is 0 Å². The quantitative estimate of drug-likeness (QED) is 0.416. The van der Waals surface area contributed by atoms with Crippen LogP contribution in [-0.4, -0.2) is 4.89 Å². The topological polar surface area (TPSA) is 55.8 Å². The molecule has 5 heteroatoms. The van der Waals surface area contributed by atoms with E-state index in [1.807, 2.05) is 12.1 Å². The summed E-state index contributed by atoms with van der Waals surface area (Å²) in [6.45, 7) is 4.50. The number of rotatable bonds is 10. The minimum Gasteiger partial charge on any atom is -0.395 e. The standard InChI is InChI=1S/C20H27O4P/c1-17(2)9-5-3-6-10-18-13-15-20(16-14-18)24-25(21,22)23-19-11-7-4-8-12-19/h4,7-8,11-17H,3,5-6,9-10H2,1-2H3,(H,21,22). The Morgan fingerprint density at radius 3 is 2.08 bits per heavy atom. The van der Waals surface area contributed by atoms with E-state index in [1.165, 1.54) is 24.8 Å². The Kier molecular flexibility index (Phi) is 7.54. The summed E-state index contributed by atoms with van der Waals surface area (Å²) in [7, 11) is -4.19. The third kappa shape index (κ3) is 7.76. The monoisotopic (exact) mass is 362 g/mol. The molecule has 2 rings (SSSR count). The molecule has 0 saturated heterocycles. The van der Waals surface area contributed by atoms with Gasteiger partial charge in [0.2, 0.25) is 0 Å². The van der Waals surface area contributed by atoms with Crippen molar-refractivity contribution in [3.05, 3.63) is 60.2 Å². The summed E-state index contributed by atoms with van der Waals surface area (Å²) < 4.78 is 22.2. The summed E-state index contributed by atoms with van der Waals surface area (Å²) >= 11 is 0. The van der Waals surface area contributed by atoms with Crippen LogP contribution in [0.2, 0.25) is 0 Å². The first-order valence-corrected chi connectivity index (χ1v) is 10.3. The second-order valence-corrected chi connectivity index (χ2v) is 7.90. The van der Waals surface area contributed by atoms with E-state index in [2.05, 4.69) is 13.8 Å². The average molecular weight is 362 g/mol. The molecule has 0 bridgehead atoms. The number of aryl methyl sites for hydroxylation is 1. The molecule has 0 aliphatic heterocycles. The van der Waals surface area contributed by atoms with E-state index in [-0.39, 0.29) is 0 Å². The predicted octanol–water partition coefficient (Wildman–Crippen LogP) is 6.00. The molecule has 0 radical (unpaired) electrons. The van der Waals surface area contributed by atoms with Crippen molar-refractivity contribution in [3.8, 4) is 11.5 Å². The molecule has 0 heterocycles. The van der Waals surface area contributed by atoms with E-state index < -0.39 is 7.82 Å². The molecular formula is C20H27O4P. The molecule has 1 unspecified atom stereocenters. The summed E-state index contributed by atoms with van der Waals surface area (Å²) in [5.41, 5.74) is 1.20. The van der Waals surface area contributed by atoms with Gasteiger partial charge in [-0.15, -0.1) is 0 Å². The van der Waals surface area contributed by atoms with Crippen LogP contribution in [-0.2, 0) is 11.0 Å². The van der Waals surface area contributed by atoms with E-state index in [0.29, 0.717) is 11.5 Å². The van der Waals surface area contributed by atoms with Gasteiger partial charge < -0.3 is 9.05 Å². The van der Waals surface area contributed by atoms with Gasteiger partial charge in [-0.1, -0.05) is 63.4 Å².